The van der Waals surface area contributed by atoms with Crippen molar-refractivity contribution in [1.29, 1.82) is 0 Å². The lowest BCUT2D eigenvalue weighted by atomic mass is 9.99. The van der Waals surface area contributed by atoms with Gasteiger partial charge < -0.3 is 34.3 Å². The zero-order valence-corrected chi connectivity index (χ0v) is 41.9. The molecule has 1 saturated heterocycles. The van der Waals surface area contributed by atoms with Crippen LogP contribution in [0, 0.1) is 0 Å². The molecule has 1 heterocycles. The second-order valence-corrected chi connectivity index (χ2v) is 17.3. The lowest BCUT2D eigenvalue weighted by Gasteiger charge is -2.41. The third-order valence-electron chi connectivity index (χ3n) is 10.3. The van der Waals surface area contributed by atoms with Crippen molar-refractivity contribution in [3.63, 3.8) is 0 Å². The highest BCUT2D eigenvalue weighted by molar-refractivity contribution is 7.80. The van der Waals surface area contributed by atoms with Crippen molar-refractivity contribution in [3.8, 4) is 0 Å². The monoisotopic (exact) mass is 971 g/mol. The van der Waals surface area contributed by atoms with Crippen molar-refractivity contribution in [2.45, 2.75) is 179 Å². The fourth-order valence-corrected chi connectivity index (χ4v) is 7.09. The van der Waals surface area contributed by atoms with Gasteiger partial charge in [-0.1, -0.05) is 160 Å². The summed E-state index contributed by atoms with van der Waals surface area (Å²) in [5, 5.41) is 30.7. The summed E-state index contributed by atoms with van der Waals surface area (Å²) in [6.45, 7) is 3.60. The summed E-state index contributed by atoms with van der Waals surface area (Å²) in [6.07, 6.45) is 56.2. The van der Waals surface area contributed by atoms with Gasteiger partial charge in [0.05, 0.1) is 19.8 Å². The number of aliphatic hydroxyl groups excluding tert-OH is 3. The Hall–Kier alpha value is -3.76. The van der Waals surface area contributed by atoms with E-state index in [4.69, 9.17) is 18.9 Å². The molecule has 1 aliphatic heterocycles. The van der Waals surface area contributed by atoms with Crippen LogP contribution in [0.1, 0.15) is 142 Å². The smallest absolute Gasteiger partial charge is 0.397 e. The Bertz CT molecular complexity index is 1690. The second kappa shape index (κ2) is 44.4. The lowest BCUT2D eigenvalue weighted by molar-refractivity contribution is -0.301. The van der Waals surface area contributed by atoms with Crippen LogP contribution in [0.3, 0.4) is 0 Å². The topological polar surface area (TPSA) is 178 Å². The van der Waals surface area contributed by atoms with E-state index in [2.05, 4.69) is 152 Å². The first-order chi connectivity index (χ1) is 33.1. The average Bonchev–Trinajstić information content (AvgIpc) is 3.31. The van der Waals surface area contributed by atoms with E-state index >= 15 is 0 Å². The summed E-state index contributed by atoms with van der Waals surface area (Å²) in [4.78, 5) is 12.9. The largest absolute Gasteiger partial charge is 0.457 e. The minimum absolute atomic E-state index is 0.0111. The predicted octanol–water partition coefficient (Wildman–Crippen LogP) is 11.5. The van der Waals surface area contributed by atoms with Gasteiger partial charge in [0.1, 0.15) is 30.5 Å². The number of hydrogen-bond donors (Lipinski definition) is 4. The van der Waals surface area contributed by atoms with Crippen molar-refractivity contribution < 1.29 is 56.2 Å². The van der Waals surface area contributed by atoms with Gasteiger partial charge in [0.15, 0.2) is 6.29 Å². The number of unbranched alkanes of at least 4 members (excludes halogenated alkanes) is 6. The summed E-state index contributed by atoms with van der Waals surface area (Å²) in [7, 11) is -5.08. The molecule has 0 aromatic carbocycles. The SMILES string of the molecule is CC/C=C\C/C=C\C/C=C\C/C=C\C/C=C\C/C=C\CCCCCOCC(COC1OC(CO)C(O)C(OS(=O)(=O)O)C1O)OC(=O)CCCCC/C=C\C/C=C\C/C=C\C/C=C\C/C=C\CC. The van der Waals surface area contributed by atoms with E-state index in [9.17, 15) is 33.1 Å². The number of rotatable bonds is 41. The van der Waals surface area contributed by atoms with Crippen LogP contribution < -0.4 is 0 Å². The maximum atomic E-state index is 12.9. The minimum atomic E-state index is -5.08. The van der Waals surface area contributed by atoms with Crippen LogP contribution in [-0.4, -0.2) is 97.5 Å². The Balaban J connectivity index is 2.46. The maximum absolute atomic E-state index is 12.9. The highest BCUT2D eigenvalue weighted by Gasteiger charge is 2.48. The Morgan fingerprint density at radius 3 is 1.38 bits per heavy atom. The molecule has 68 heavy (non-hydrogen) atoms. The molecule has 0 bridgehead atoms. The molecule has 0 spiro atoms. The predicted molar refractivity (Wildman–Crippen MR) is 275 cm³/mol. The fourth-order valence-electron chi connectivity index (χ4n) is 6.58. The molecular formula is C55H86O12S. The van der Waals surface area contributed by atoms with Crippen LogP contribution in [-0.2, 0) is 38.3 Å². The molecule has 0 radical (unpaired) electrons. The standard InChI is InChI=1S/C55H86O12S/c1-3-5-7-9-11-13-15-17-19-21-23-24-25-27-29-31-33-35-37-39-41-43-45-63-47-49(48-64-55-53(59)54(67-68(60,61)62)52(58)50(46-56)66-55)65-51(57)44-42-40-38-36-34-32-30-28-26-22-20-18-16-14-12-10-8-6-4-2/h5-8,11-14,17-20,23-24,26-29,32-35,49-50,52-56,58-59H,3-4,9-10,15-16,21-22,25,30-31,36-48H2,1-2H3,(H,60,61,62)/b7-5-,8-6-,13-11-,14-12-,19-17-,20-18-,24-23-,28-26-,29-27-,34-32-,35-33-. The molecule has 6 atom stereocenters. The van der Waals surface area contributed by atoms with Crippen LogP contribution in [0.5, 0.6) is 0 Å². The van der Waals surface area contributed by atoms with E-state index in [1.807, 2.05) is 0 Å². The Kier molecular flexibility index (Phi) is 40.7. The normalized spacial score (nSPS) is 20.5. The summed E-state index contributed by atoms with van der Waals surface area (Å²) in [5.41, 5.74) is 0. The fraction of sp³-hybridized carbons (Fsp3) is 0.582. The molecule has 384 valence electrons. The number of hydrogen-bond acceptors (Lipinski definition) is 11. The molecule has 13 heteroatoms. The van der Waals surface area contributed by atoms with Gasteiger partial charge in [-0.05, 0) is 109 Å². The number of esters is 1. The Labute approximate surface area is 410 Å². The molecule has 0 aromatic heterocycles. The van der Waals surface area contributed by atoms with Crippen molar-refractivity contribution >= 4 is 16.4 Å². The van der Waals surface area contributed by atoms with Crippen LogP contribution in [0.25, 0.3) is 0 Å². The van der Waals surface area contributed by atoms with E-state index in [1.165, 1.54) is 0 Å². The first kappa shape index (κ1) is 62.3. The van der Waals surface area contributed by atoms with Crippen molar-refractivity contribution in [2.24, 2.45) is 0 Å². The summed E-state index contributed by atoms with van der Waals surface area (Å²) >= 11 is 0. The van der Waals surface area contributed by atoms with E-state index in [0.29, 0.717) is 13.0 Å². The second-order valence-electron chi connectivity index (χ2n) is 16.3. The molecule has 12 nitrogen and oxygen atoms in total. The molecule has 0 amide bonds. The van der Waals surface area contributed by atoms with Gasteiger partial charge >= 0.3 is 16.4 Å². The molecule has 4 N–H and O–H groups in total. The van der Waals surface area contributed by atoms with E-state index in [-0.39, 0.29) is 19.6 Å². The van der Waals surface area contributed by atoms with E-state index in [0.717, 1.165) is 116 Å². The summed E-state index contributed by atoms with van der Waals surface area (Å²) < 4.78 is 59.1. The Morgan fingerprint density at radius 2 is 0.971 bits per heavy atom. The van der Waals surface area contributed by atoms with E-state index < -0.39 is 59.8 Å². The highest BCUT2D eigenvalue weighted by Crippen LogP contribution is 2.26. The van der Waals surface area contributed by atoms with Crippen LogP contribution in [0.15, 0.2) is 134 Å². The number of carbonyl (C=O) groups excluding carboxylic acids is 1. The maximum Gasteiger partial charge on any atom is 0.397 e. The number of carbonyl (C=O) groups is 1. The molecular weight excluding hydrogens is 885 g/mol. The van der Waals surface area contributed by atoms with Gasteiger partial charge in [0, 0.05) is 13.0 Å². The first-order valence-electron chi connectivity index (χ1n) is 24.9. The van der Waals surface area contributed by atoms with Gasteiger partial charge in [-0.25, -0.2) is 4.18 Å². The van der Waals surface area contributed by atoms with Gasteiger partial charge in [0.25, 0.3) is 0 Å². The Morgan fingerprint density at radius 1 is 0.559 bits per heavy atom. The van der Waals surface area contributed by atoms with E-state index in [1.54, 1.807) is 0 Å². The summed E-state index contributed by atoms with van der Waals surface area (Å²) in [5.74, 6) is -0.449. The van der Waals surface area contributed by atoms with Crippen LogP contribution >= 0.6 is 0 Å². The van der Waals surface area contributed by atoms with Crippen LogP contribution in [0.2, 0.25) is 0 Å². The quantitative estimate of drug-likeness (QED) is 0.0198. The third kappa shape index (κ3) is 37.2. The summed E-state index contributed by atoms with van der Waals surface area (Å²) in [6, 6.07) is 0. The number of ether oxygens (including phenoxy) is 4. The van der Waals surface area contributed by atoms with Crippen molar-refractivity contribution in [3.05, 3.63) is 134 Å². The third-order valence-corrected chi connectivity index (χ3v) is 10.7. The van der Waals surface area contributed by atoms with Gasteiger partial charge in [0.2, 0.25) is 0 Å². The first-order valence-corrected chi connectivity index (χ1v) is 26.3. The minimum Gasteiger partial charge on any atom is -0.457 e. The highest BCUT2D eigenvalue weighted by atomic mass is 32.3. The van der Waals surface area contributed by atoms with Crippen LogP contribution in [0.4, 0.5) is 0 Å². The number of allylic oxidation sites excluding steroid dienone is 22. The lowest BCUT2D eigenvalue weighted by Crippen LogP contribution is -2.60. The zero-order valence-electron chi connectivity index (χ0n) is 41.1. The number of aliphatic hydroxyl groups is 3. The van der Waals surface area contributed by atoms with Crippen molar-refractivity contribution in [2.75, 3.05) is 26.4 Å². The molecule has 1 aliphatic rings. The van der Waals surface area contributed by atoms with Gasteiger partial charge in [-0.15, -0.1) is 0 Å². The molecule has 0 saturated carbocycles. The average molecular weight is 971 g/mol. The van der Waals surface area contributed by atoms with Gasteiger partial charge in [-0.3, -0.25) is 9.35 Å². The zero-order chi connectivity index (χ0) is 49.6. The molecule has 0 aromatic rings. The van der Waals surface area contributed by atoms with Gasteiger partial charge in [-0.2, -0.15) is 8.42 Å². The molecule has 1 fully saturated rings. The molecule has 1 rings (SSSR count). The van der Waals surface area contributed by atoms with Crippen molar-refractivity contribution in [1.82, 2.24) is 0 Å². The molecule has 6 unspecified atom stereocenters. The molecule has 0 aliphatic carbocycles.